The van der Waals surface area contributed by atoms with Crippen LogP contribution in [0.4, 0.5) is 4.39 Å². The van der Waals surface area contributed by atoms with E-state index in [1.54, 1.807) is 0 Å². The molecule has 2 rings (SSSR count). The Morgan fingerprint density at radius 3 is 2.76 bits per heavy atom. The summed E-state index contributed by atoms with van der Waals surface area (Å²) in [5.41, 5.74) is -0.254. The molecular weight excluding hydrogens is 346 g/mol. The van der Waals surface area contributed by atoms with Crippen molar-refractivity contribution >= 4 is 37.3 Å². The van der Waals surface area contributed by atoms with E-state index in [4.69, 9.17) is 31.8 Å². The van der Waals surface area contributed by atoms with Crippen molar-refractivity contribution in [3.8, 4) is 0 Å². The van der Waals surface area contributed by atoms with Crippen molar-refractivity contribution in [2.45, 2.75) is 11.3 Å². The van der Waals surface area contributed by atoms with Crippen LogP contribution in [0.1, 0.15) is 16.8 Å². The van der Waals surface area contributed by atoms with Gasteiger partial charge in [-0.25, -0.2) is 17.6 Å². The second-order valence-corrected chi connectivity index (χ2v) is 7.47. The van der Waals surface area contributed by atoms with Crippen LogP contribution in [0.25, 0.3) is 0 Å². The number of carbonyl (C=O) groups is 1. The lowest BCUT2D eigenvalue weighted by molar-refractivity contribution is 0.0428. The van der Waals surface area contributed by atoms with Gasteiger partial charge in [0.2, 0.25) is 0 Å². The van der Waals surface area contributed by atoms with Gasteiger partial charge in [0.05, 0.1) is 23.8 Å². The van der Waals surface area contributed by atoms with Crippen molar-refractivity contribution in [3.63, 3.8) is 0 Å². The highest BCUT2D eigenvalue weighted by Crippen LogP contribution is 2.27. The van der Waals surface area contributed by atoms with Crippen LogP contribution in [0.3, 0.4) is 0 Å². The summed E-state index contributed by atoms with van der Waals surface area (Å²) in [6, 6.07) is 1.49. The summed E-state index contributed by atoms with van der Waals surface area (Å²) in [6.45, 7) is 1.22. The first kappa shape index (κ1) is 16.5. The molecule has 0 spiro atoms. The standard InChI is InChI=1S/C12H11Cl2FO5S/c13-9-4-10(15)11(21(14,17)18)3-8(9)12(16)20-6-7-1-2-19-5-7/h3-4,7H,1-2,5-6H2. The van der Waals surface area contributed by atoms with Gasteiger partial charge in [0, 0.05) is 23.2 Å². The highest BCUT2D eigenvalue weighted by molar-refractivity contribution is 8.13. The summed E-state index contributed by atoms with van der Waals surface area (Å²) in [5.74, 6) is -1.88. The molecule has 1 atom stereocenters. The van der Waals surface area contributed by atoms with Gasteiger partial charge in [0.1, 0.15) is 10.7 Å². The van der Waals surface area contributed by atoms with Crippen LogP contribution in [-0.2, 0) is 18.5 Å². The van der Waals surface area contributed by atoms with Crippen LogP contribution in [0.15, 0.2) is 17.0 Å². The second-order valence-electron chi connectivity index (χ2n) is 4.53. The lowest BCUT2D eigenvalue weighted by Gasteiger charge is -2.10. The van der Waals surface area contributed by atoms with Gasteiger partial charge in [-0.05, 0) is 18.6 Å². The van der Waals surface area contributed by atoms with Gasteiger partial charge in [-0.1, -0.05) is 11.6 Å². The third-order valence-corrected chi connectivity index (χ3v) is 4.63. The Kier molecular flexibility index (Phi) is 5.08. The first-order valence-electron chi connectivity index (χ1n) is 5.97. The fraction of sp³-hybridized carbons (Fsp3) is 0.417. The molecule has 1 saturated heterocycles. The molecule has 0 radical (unpaired) electrons. The second kappa shape index (κ2) is 6.48. The summed E-state index contributed by atoms with van der Waals surface area (Å²) in [7, 11) is 0.768. The first-order chi connectivity index (χ1) is 9.79. The van der Waals surface area contributed by atoms with Gasteiger partial charge in [0.25, 0.3) is 9.05 Å². The van der Waals surface area contributed by atoms with E-state index in [0.717, 1.165) is 12.5 Å². The SMILES string of the molecule is O=C(OCC1CCOC1)c1cc(S(=O)(=O)Cl)c(F)cc1Cl. The molecule has 0 aromatic heterocycles. The van der Waals surface area contributed by atoms with Crippen molar-refractivity contribution in [2.75, 3.05) is 19.8 Å². The predicted molar refractivity (Wildman–Crippen MR) is 73.7 cm³/mol. The minimum Gasteiger partial charge on any atom is -0.462 e. The van der Waals surface area contributed by atoms with Crippen LogP contribution in [-0.4, -0.2) is 34.2 Å². The van der Waals surface area contributed by atoms with Crippen LogP contribution < -0.4 is 0 Å². The molecular formula is C12H11Cl2FO5S. The first-order valence-corrected chi connectivity index (χ1v) is 8.66. The number of esters is 1. The quantitative estimate of drug-likeness (QED) is 0.612. The number of ether oxygens (including phenoxy) is 2. The van der Waals surface area contributed by atoms with Crippen LogP contribution in [0.5, 0.6) is 0 Å². The molecule has 9 heteroatoms. The smallest absolute Gasteiger partial charge is 0.339 e. The van der Waals surface area contributed by atoms with Gasteiger partial charge >= 0.3 is 5.97 Å². The number of carbonyl (C=O) groups excluding carboxylic acids is 1. The van der Waals surface area contributed by atoms with Crippen molar-refractivity contribution in [1.82, 2.24) is 0 Å². The van der Waals surface area contributed by atoms with Gasteiger partial charge < -0.3 is 9.47 Å². The zero-order valence-corrected chi connectivity index (χ0v) is 13.0. The largest absolute Gasteiger partial charge is 0.462 e. The van der Waals surface area contributed by atoms with E-state index >= 15 is 0 Å². The van der Waals surface area contributed by atoms with Crippen LogP contribution in [0, 0.1) is 11.7 Å². The molecule has 1 unspecified atom stereocenters. The van der Waals surface area contributed by atoms with Crippen LogP contribution in [0.2, 0.25) is 5.02 Å². The third kappa shape index (κ3) is 4.06. The van der Waals surface area contributed by atoms with Crippen molar-refractivity contribution in [1.29, 1.82) is 0 Å². The van der Waals surface area contributed by atoms with Crippen molar-refractivity contribution in [3.05, 3.63) is 28.5 Å². The normalized spacial score (nSPS) is 18.7. The molecule has 1 aliphatic rings. The summed E-state index contributed by atoms with van der Waals surface area (Å²) in [4.78, 5) is 11.1. The third-order valence-electron chi connectivity index (χ3n) is 2.98. The molecule has 1 aromatic rings. The fourth-order valence-electron chi connectivity index (χ4n) is 1.86. The zero-order chi connectivity index (χ0) is 15.6. The highest BCUT2D eigenvalue weighted by atomic mass is 35.7. The van der Waals surface area contributed by atoms with Gasteiger partial charge in [-0.2, -0.15) is 0 Å². The summed E-state index contributed by atoms with van der Waals surface area (Å²) < 4.78 is 46.1. The van der Waals surface area contributed by atoms with E-state index in [2.05, 4.69) is 0 Å². The van der Waals surface area contributed by atoms with Gasteiger partial charge in [-0.15, -0.1) is 0 Å². The summed E-state index contributed by atoms with van der Waals surface area (Å²) in [5, 5.41) is -0.246. The molecule has 0 aliphatic carbocycles. The molecule has 116 valence electrons. The van der Waals surface area contributed by atoms with E-state index in [-0.39, 0.29) is 23.1 Å². The molecule has 0 amide bonds. The fourth-order valence-corrected chi connectivity index (χ4v) is 2.99. The van der Waals surface area contributed by atoms with Crippen molar-refractivity contribution < 1.29 is 27.1 Å². The predicted octanol–water partition coefficient (Wildman–Crippen LogP) is 2.60. The highest BCUT2D eigenvalue weighted by Gasteiger charge is 2.24. The molecule has 0 N–H and O–H groups in total. The molecule has 1 fully saturated rings. The maximum Gasteiger partial charge on any atom is 0.339 e. The molecule has 5 nitrogen and oxygen atoms in total. The summed E-state index contributed by atoms with van der Waals surface area (Å²) >= 11 is 5.74. The summed E-state index contributed by atoms with van der Waals surface area (Å²) in [6.07, 6.45) is 0.770. The number of halogens is 3. The van der Waals surface area contributed by atoms with E-state index in [0.29, 0.717) is 19.3 Å². The van der Waals surface area contributed by atoms with Gasteiger partial charge in [-0.3, -0.25) is 0 Å². The monoisotopic (exact) mass is 356 g/mol. The Balaban J connectivity index is 2.20. The number of hydrogen-bond donors (Lipinski definition) is 0. The minimum atomic E-state index is -4.33. The minimum absolute atomic E-state index is 0.0874. The topological polar surface area (TPSA) is 69.7 Å². The molecule has 0 saturated carbocycles. The molecule has 0 bridgehead atoms. The van der Waals surface area contributed by atoms with Crippen molar-refractivity contribution in [2.24, 2.45) is 5.92 Å². The van der Waals surface area contributed by atoms with E-state index in [1.807, 2.05) is 0 Å². The van der Waals surface area contributed by atoms with Crippen LogP contribution >= 0.6 is 22.3 Å². The molecule has 1 aliphatic heterocycles. The Bertz CT molecular complexity index is 656. The number of rotatable bonds is 4. The number of hydrogen-bond acceptors (Lipinski definition) is 5. The Hall–Kier alpha value is -0.890. The molecule has 1 aromatic carbocycles. The number of benzene rings is 1. The Morgan fingerprint density at radius 2 is 2.19 bits per heavy atom. The average Bonchev–Trinajstić information content (AvgIpc) is 2.87. The maximum absolute atomic E-state index is 13.5. The maximum atomic E-state index is 13.5. The lowest BCUT2D eigenvalue weighted by atomic mass is 10.1. The van der Waals surface area contributed by atoms with E-state index < -0.39 is 25.7 Å². The zero-order valence-electron chi connectivity index (χ0n) is 10.6. The average molecular weight is 357 g/mol. The van der Waals surface area contributed by atoms with E-state index in [9.17, 15) is 17.6 Å². The van der Waals surface area contributed by atoms with Gasteiger partial charge in [0.15, 0.2) is 0 Å². The lowest BCUT2D eigenvalue weighted by Crippen LogP contribution is -2.15. The Morgan fingerprint density at radius 1 is 1.48 bits per heavy atom. The Labute approximate surface area is 130 Å². The molecule has 1 heterocycles. The molecule has 21 heavy (non-hydrogen) atoms. The van der Waals surface area contributed by atoms with E-state index in [1.165, 1.54) is 0 Å².